The third-order valence-corrected chi connectivity index (χ3v) is 4.16. The molecule has 1 heterocycles. The molecule has 0 radical (unpaired) electrons. The number of nitrogens with zero attached hydrogens (tertiary/aromatic N) is 2. The minimum absolute atomic E-state index is 0.526. The van der Waals surface area contributed by atoms with Crippen LogP contribution in [0.25, 0.3) is 0 Å². The molecule has 0 bridgehead atoms. The van der Waals surface area contributed by atoms with Crippen molar-refractivity contribution in [3.63, 3.8) is 0 Å². The molecule has 2 aromatic rings. The first-order valence-corrected chi connectivity index (χ1v) is 7.31. The maximum absolute atomic E-state index is 6.13. The van der Waals surface area contributed by atoms with Crippen LogP contribution in [0.2, 0.25) is 0 Å². The van der Waals surface area contributed by atoms with E-state index in [0.717, 1.165) is 19.3 Å². The first-order valence-electron chi connectivity index (χ1n) is 6.78. The van der Waals surface area contributed by atoms with Gasteiger partial charge in [0.15, 0.2) is 0 Å². The van der Waals surface area contributed by atoms with E-state index >= 15 is 0 Å². The Morgan fingerprint density at radius 1 is 1.26 bits per heavy atom. The standard InChI is InChI=1S/C16H21ClN2/c1-13-5-3-4-6-15(13)11-14(12-17)7-8-16-9-10-18-19(16)2/h3-6,9-10,14H,7-8,11-12H2,1-2H3. The van der Waals surface area contributed by atoms with Crippen molar-refractivity contribution in [2.45, 2.75) is 26.2 Å². The highest BCUT2D eigenvalue weighted by Crippen LogP contribution is 2.19. The summed E-state index contributed by atoms with van der Waals surface area (Å²) in [7, 11) is 1.99. The zero-order valence-corrected chi connectivity index (χ0v) is 12.4. The predicted molar refractivity (Wildman–Crippen MR) is 80.6 cm³/mol. The lowest BCUT2D eigenvalue weighted by molar-refractivity contribution is 0.522. The molecule has 3 heteroatoms. The number of benzene rings is 1. The molecule has 1 aromatic heterocycles. The van der Waals surface area contributed by atoms with Gasteiger partial charge in [0.1, 0.15) is 0 Å². The molecular formula is C16H21ClN2. The summed E-state index contributed by atoms with van der Waals surface area (Å²) in [6.45, 7) is 2.17. The highest BCUT2D eigenvalue weighted by molar-refractivity contribution is 6.18. The third-order valence-electron chi connectivity index (χ3n) is 3.72. The van der Waals surface area contributed by atoms with E-state index in [1.165, 1.54) is 16.8 Å². The molecule has 0 spiro atoms. The number of halogens is 1. The summed E-state index contributed by atoms with van der Waals surface area (Å²) in [4.78, 5) is 0. The molecule has 1 aromatic carbocycles. The van der Waals surface area contributed by atoms with Crippen molar-refractivity contribution in [2.75, 3.05) is 5.88 Å². The fourth-order valence-electron chi connectivity index (χ4n) is 2.38. The van der Waals surface area contributed by atoms with Gasteiger partial charge in [-0.25, -0.2) is 0 Å². The molecule has 19 heavy (non-hydrogen) atoms. The number of aryl methyl sites for hydroxylation is 3. The summed E-state index contributed by atoms with van der Waals surface area (Å²) in [5.74, 6) is 1.24. The van der Waals surface area contributed by atoms with Crippen molar-refractivity contribution in [3.05, 3.63) is 53.3 Å². The summed E-state index contributed by atoms with van der Waals surface area (Å²) >= 11 is 6.13. The Kier molecular flexibility index (Phi) is 5.03. The van der Waals surface area contributed by atoms with Crippen molar-refractivity contribution >= 4 is 11.6 Å². The van der Waals surface area contributed by atoms with Gasteiger partial charge in [-0.05, 0) is 49.3 Å². The van der Waals surface area contributed by atoms with Crippen LogP contribution in [-0.4, -0.2) is 15.7 Å². The smallest absolute Gasteiger partial charge is 0.0492 e. The van der Waals surface area contributed by atoms with Crippen molar-refractivity contribution in [3.8, 4) is 0 Å². The molecular weight excluding hydrogens is 256 g/mol. The number of hydrogen-bond donors (Lipinski definition) is 0. The van der Waals surface area contributed by atoms with E-state index < -0.39 is 0 Å². The fraction of sp³-hybridized carbons (Fsp3) is 0.438. The van der Waals surface area contributed by atoms with E-state index in [2.05, 4.69) is 42.4 Å². The van der Waals surface area contributed by atoms with Crippen LogP contribution >= 0.6 is 11.6 Å². The highest BCUT2D eigenvalue weighted by Gasteiger charge is 2.11. The van der Waals surface area contributed by atoms with E-state index in [-0.39, 0.29) is 0 Å². The van der Waals surface area contributed by atoms with Crippen LogP contribution in [0.15, 0.2) is 36.5 Å². The van der Waals surface area contributed by atoms with Gasteiger partial charge >= 0.3 is 0 Å². The molecule has 0 amide bonds. The van der Waals surface area contributed by atoms with Gasteiger partial charge in [0.25, 0.3) is 0 Å². The van der Waals surface area contributed by atoms with Gasteiger partial charge in [0.2, 0.25) is 0 Å². The zero-order valence-electron chi connectivity index (χ0n) is 11.6. The quantitative estimate of drug-likeness (QED) is 0.735. The molecule has 0 saturated carbocycles. The molecule has 1 unspecified atom stereocenters. The largest absolute Gasteiger partial charge is 0.273 e. The SMILES string of the molecule is Cc1ccccc1CC(CCl)CCc1ccnn1C. The zero-order chi connectivity index (χ0) is 13.7. The van der Waals surface area contributed by atoms with E-state index in [0.29, 0.717) is 11.8 Å². The van der Waals surface area contributed by atoms with E-state index in [1.54, 1.807) is 0 Å². The molecule has 102 valence electrons. The van der Waals surface area contributed by atoms with Gasteiger partial charge < -0.3 is 0 Å². The number of aromatic nitrogens is 2. The topological polar surface area (TPSA) is 17.8 Å². The summed E-state index contributed by atoms with van der Waals surface area (Å²) in [6.07, 6.45) is 5.07. The molecule has 2 rings (SSSR count). The Labute approximate surface area is 120 Å². The molecule has 0 N–H and O–H groups in total. The minimum atomic E-state index is 0.526. The number of hydrogen-bond acceptors (Lipinski definition) is 1. The Bertz CT molecular complexity index is 519. The molecule has 2 nitrogen and oxygen atoms in total. The van der Waals surface area contributed by atoms with Gasteiger partial charge in [-0.3, -0.25) is 4.68 Å². The van der Waals surface area contributed by atoms with Crippen molar-refractivity contribution in [2.24, 2.45) is 13.0 Å². The summed E-state index contributed by atoms with van der Waals surface area (Å²) in [5.41, 5.74) is 4.05. The molecule has 0 fully saturated rings. The van der Waals surface area contributed by atoms with Crippen molar-refractivity contribution in [1.82, 2.24) is 9.78 Å². The maximum atomic E-state index is 6.13. The lowest BCUT2D eigenvalue weighted by Crippen LogP contribution is -2.10. The highest BCUT2D eigenvalue weighted by atomic mass is 35.5. The monoisotopic (exact) mass is 276 g/mol. The average molecular weight is 277 g/mol. The second-order valence-corrected chi connectivity index (χ2v) is 5.44. The van der Waals surface area contributed by atoms with E-state index in [9.17, 15) is 0 Å². The van der Waals surface area contributed by atoms with Gasteiger partial charge in [0.05, 0.1) is 0 Å². The van der Waals surface area contributed by atoms with Crippen LogP contribution in [0.5, 0.6) is 0 Å². The Morgan fingerprint density at radius 3 is 2.68 bits per heavy atom. The van der Waals surface area contributed by atoms with Crippen molar-refractivity contribution < 1.29 is 0 Å². The average Bonchev–Trinajstić information content (AvgIpc) is 2.82. The van der Waals surface area contributed by atoms with Crippen LogP contribution in [0.3, 0.4) is 0 Å². The second kappa shape index (κ2) is 6.76. The Balaban J connectivity index is 1.94. The van der Waals surface area contributed by atoms with Gasteiger partial charge in [-0.15, -0.1) is 11.6 Å². The predicted octanol–water partition coefficient (Wildman–Crippen LogP) is 3.76. The summed E-state index contributed by atoms with van der Waals surface area (Å²) in [6, 6.07) is 10.7. The van der Waals surface area contributed by atoms with Gasteiger partial charge in [-0.1, -0.05) is 24.3 Å². The second-order valence-electron chi connectivity index (χ2n) is 5.14. The molecule has 1 atom stereocenters. The van der Waals surface area contributed by atoms with E-state index in [1.807, 2.05) is 17.9 Å². The van der Waals surface area contributed by atoms with Crippen molar-refractivity contribution in [1.29, 1.82) is 0 Å². The van der Waals surface area contributed by atoms with Gasteiger partial charge in [0, 0.05) is 24.8 Å². The number of rotatable bonds is 6. The van der Waals surface area contributed by atoms with Crippen LogP contribution in [0.1, 0.15) is 23.2 Å². The molecule has 0 aliphatic rings. The van der Waals surface area contributed by atoms with Crippen LogP contribution in [-0.2, 0) is 19.9 Å². The van der Waals surface area contributed by atoms with Crippen LogP contribution in [0, 0.1) is 12.8 Å². The van der Waals surface area contributed by atoms with E-state index in [4.69, 9.17) is 11.6 Å². The lowest BCUT2D eigenvalue weighted by Gasteiger charge is -2.15. The molecule has 0 aliphatic heterocycles. The first-order chi connectivity index (χ1) is 9.20. The number of alkyl halides is 1. The lowest BCUT2D eigenvalue weighted by atomic mass is 9.93. The fourth-order valence-corrected chi connectivity index (χ4v) is 2.65. The summed E-state index contributed by atoms with van der Waals surface area (Å²) in [5, 5.41) is 4.20. The van der Waals surface area contributed by atoms with Crippen LogP contribution < -0.4 is 0 Å². The third kappa shape index (κ3) is 3.84. The normalized spacial score (nSPS) is 12.6. The molecule has 0 saturated heterocycles. The maximum Gasteiger partial charge on any atom is 0.0492 e. The Morgan fingerprint density at radius 2 is 2.05 bits per heavy atom. The van der Waals surface area contributed by atoms with Gasteiger partial charge in [-0.2, -0.15) is 5.10 Å². The molecule has 0 aliphatic carbocycles. The summed E-state index contributed by atoms with van der Waals surface area (Å²) < 4.78 is 1.94. The Hall–Kier alpha value is -1.28. The van der Waals surface area contributed by atoms with Crippen LogP contribution in [0.4, 0.5) is 0 Å². The minimum Gasteiger partial charge on any atom is -0.273 e. The first kappa shape index (κ1) is 14.1.